The molecule has 0 aliphatic rings. The minimum Gasteiger partial charge on any atom is -0.299 e. The summed E-state index contributed by atoms with van der Waals surface area (Å²) < 4.78 is 0. The van der Waals surface area contributed by atoms with E-state index in [4.69, 9.17) is 0 Å². The zero-order valence-electron chi connectivity index (χ0n) is 5.30. The van der Waals surface area contributed by atoms with E-state index >= 15 is 0 Å². The Balaban J connectivity index is 2.90. The van der Waals surface area contributed by atoms with Gasteiger partial charge in [-0.1, -0.05) is 6.92 Å². The van der Waals surface area contributed by atoms with E-state index in [1.165, 1.54) is 0 Å². The van der Waals surface area contributed by atoms with Crippen LogP contribution in [0.5, 0.6) is 0 Å². The smallest absolute Gasteiger partial charge is 0.0581 e. The number of aliphatic imine (C=N–C) groups is 2. The molecule has 0 spiro atoms. The zero-order chi connectivity index (χ0) is 6.24. The fourth-order valence-corrected chi connectivity index (χ4v) is 0.349. The van der Waals surface area contributed by atoms with E-state index in [0.29, 0.717) is 0 Å². The summed E-state index contributed by atoms with van der Waals surface area (Å²) in [6.45, 7) is 6.93. The van der Waals surface area contributed by atoms with Crippen molar-refractivity contribution in [2.24, 2.45) is 9.98 Å². The van der Waals surface area contributed by atoms with Crippen LogP contribution in [0.25, 0.3) is 0 Å². The van der Waals surface area contributed by atoms with Gasteiger partial charge in [0.15, 0.2) is 0 Å². The average Bonchev–Trinajstić information content (AvgIpc) is 1.81. The lowest BCUT2D eigenvalue weighted by Crippen LogP contribution is -1.84. The molecule has 0 aromatic rings. The summed E-state index contributed by atoms with van der Waals surface area (Å²) in [6.07, 6.45) is 2.91. The van der Waals surface area contributed by atoms with E-state index < -0.39 is 0 Å². The first-order chi connectivity index (χ1) is 3.91. The molecule has 2 heteroatoms. The summed E-state index contributed by atoms with van der Waals surface area (Å²) in [7, 11) is 0. The summed E-state index contributed by atoms with van der Waals surface area (Å²) in [4.78, 5) is 7.66. The van der Waals surface area contributed by atoms with Gasteiger partial charge < -0.3 is 0 Å². The second-order valence-corrected chi connectivity index (χ2v) is 1.44. The molecule has 0 atom stereocenters. The maximum Gasteiger partial charge on any atom is 0.0581 e. The van der Waals surface area contributed by atoms with Crippen LogP contribution in [0, 0.1) is 0 Å². The first kappa shape index (κ1) is 7.34. The highest BCUT2D eigenvalue weighted by molar-refractivity contribution is 5.56. The second kappa shape index (κ2) is 6.34. The molecule has 0 aromatic carbocycles. The van der Waals surface area contributed by atoms with Crippen LogP contribution in [0.1, 0.15) is 13.3 Å². The van der Waals surface area contributed by atoms with Crippen LogP contribution in [0.3, 0.4) is 0 Å². The van der Waals surface area contributed by atoms with Gasteiger partial charge in [0.05, 0.1) is 13.1 Å². The molecule has 0 radical (unpaired) electrons. The topological polar surface area (TPSA) is 24.7 Å². The minimum atomic E-state index is 0.747. The summed E-state index contributed by atoms with van der Waals surface area (Å²) >= 11 is 0. The molecule has 46 valence electrons. The first-order valence-corrected chi connectivity index (χ1v) is 2.82. The van der Waals surface area contributed by atoms with Gasteiger partial charge in [0.25, 0.3) is 0 Å². The fourth-order valence-electron chi connectivity index (χ4n) is 0.349. The average molecular weight is 112 g/mol. The Kier molecular flexibility index (Phi) is 5.82. The van der Waals surface area contributed by atoms with Gasteiger partial charge in [-0.15, -0.1) is 0 Å². The molecule has 0 aliphatic carbocycles. The van der Waals surface area contributed by atoms with Crippen LogP contribution in [0.15, 0.2) is 9.98 Å². The molecular weight excluding hydrogens is 100 g/mol. The molecule has 0 N–H and O–H groups in total. The Labute approximate surface area is 50.4 Å². The highest BCUT2D eigenvalue weighted by atomic mass is 14.8. The van der Waals surface area contributed by atoms with Crippen LogP contribution in [0.4, 0.5) is 0 Å². The third-order valence-corrected chi connectivity index (χ3v) is 0.699. The van der Waals surface area contributed by atoms with Crippen molar-refractivity contribution in [1.82, 2.24) is 0 Å². The van der Waals surface area contributed by atoms with Gasteiger partial charge in [-0.25, -0.2) is 0 Å². The number of hydrogen-bond acceptors (Lipinski definition) is 2. The zero-order valence-corrected chi connectivity index (χ0v) is 5.30. The Morgan fingerprint density at radius 3 is 2.75 bits per heavy atom. The molecule has 0 aliphatic heterocycles. The van der Waals surface area contributed by atoms with E-state index in [1.807, 2.05) is 6.21 Å². The van der Waals surface area contributed by atoms with Crippen molar-refractivity contribution in [2.45, 2.75) is 13.3 Å². The monoisotopic (exact) mass is 112 g/mol. The van der Waals surface area contributed by atoms with Crippen LogP contribution in [-0.4, -0.2) is 26.0 Å². The van der Waals surface area contributed by atoms with Crippen LogP contribution < -0.4 is 0 Å². The number of nitrogens with zero attached hydrogens (tertiary/aromatic N) is 2. The van der Waals surface area contributed by atoms with Crippen molar-refractivity contribution in [2.75, 3.05) is 13.1 Å². The molecule has 0 fully saturated rings. The molecule has 0 heterocycles. The molecule has 0 unspecified atom stereocenters. The summed E-state index contributed by atoms with van der Waals surface area (Å²) in [5.74, 6) is 0. The summed E-state index contributed by atoms with van der Waals surface area (Å²) in [6, 6.07) is 0. The predicted molar refractivity (Wildman–Crippen MR) is 38.1 cm³/mol. The molecule has 0 saturated heterocycles. The SMILES string of the molecule is C=NCC/N=C\CC. The maximum absolute atomic E-state index is 4.02. The largest absolute Gasteiger partial charge is 0.299 e. The van der Waals surface area contributed by atoms with Gasteiger partial charge in [0.2, 0.25) is 0 Å². The standard InChI is InChI=1S/C6H12N2/c1-3-4-8-6-5-7-2/h4H,2-3,5-6H2,1H3/b8-4-. The number of hydrogen-bond donors (Lipinski definition) is 0. The van der Waals surface area contributed by atoms with Crippen molar-refractivity contribution >= 4 is 12.9 Å². The van der Waals surface area contributed by atoms with Gasteiger partial charge in [-0.2, -0.15) is 0 Å². The van der Waals surface area contributed by atoms with Gasteiger partial charge in [0.1, 0.15) is 0 Å². The third kappa shape index (κ3) is 5.34. The van der Waals surface area contributed by atoms with Gasteiger partial charge >= 0.3 is 0 Å². The Hall–Kier alpha value is -0.660. The normalized spacial score (nSPS) is 10.1. The summed E-state index contributed by atoms with van der Waals surface area (Å²) in [5.41, 5.74) is 0. The maximum atomic E-state index is 4.02. The fraction of sp³-hybridized carbons (Fsp3) is 0.667. The van der Waals surface area contributed by atoms with Gasteiger partial charge in [-0.3, -0.25) is 9.98 Å². The first-order valence-electron chi connectivity index (χ1n) is 2.82. The lowest BCUT2D eigenvalue weighted by molar-refractivity contribution is 0.982. The third-order valence-electron chi connectivity index (χ3n) is 0.699. The van der Waals surface area contributed by atoms with Crippen LogP contribution in [-0.2, 0) is 0 Å². The van der Waals surface area contributed by atoms with Crippen LogP contribution >= 0.6 is 0 Å². The Morgan fingerprint density at radius 2 is 2.25 bits per heavy atom. The molecule has 2 nitrogen and oxygen atoms in total. The van der Waals surface area contributed by atoms with E-state index in [0.717, 1.165) is 19.5 Å². The predicted octanol–water partition coefficient (Wildman–Crippen LogP) is 1.17. The Morgan fingerprint density at radius 1 is 1.50 bits per heavy atom. The highest BCUT2D eigenvalue weighted by Crippen LogP contribution is 1.71. The summed E-state index contributed by atoms with van der Waals surface area (Å²) in [5, 5.41) is 0. The Bertz CT molecular complexity index is 76.6. The quantitative estimate of drug-likeness (QED) is 0.385. The van der Waals surface area contributed by atoms with Crippen LogP contribution in [0.2, 0.25) is 0 Å². The van der Waals surface area contributed by atoms with E-state index in [9.17, 15) is 0 Å². The van der Waals surface area contributed by atoms with Gasteiger partial charge in [-0.05, 0) is 19.4 Å². The van der Waals surface area contributed by atoms with Crippen molar-refractivity contribution in [1.29, 1.82) is 0 Å². The highest BCUT2D eigenvalue weighted by Gasteiger charge is 1.71. The lowest BCUT2D eigenvalue weighted by Gasteiger charge is -1.83. The van der Waals surface area contributed by atoms with Crippen molar-refractivity contribution < 1.29 is 0 Å². The van der Waals surface area contributed by atoms with E-state index in [1.54, 1.807) is 0 Å². The molecule has 0 amide bonds. The lowest BCUT2D eigenvalue weighted by atomic mass is 10.5. The second-order valence-electron chi connectivity index (χ2n) is 1.44. The molecule has 0 aromatic heterocycles. The van der Waals surface area contributed by atoms with Crippen molar-refractivity contribution in [3.8, 4) is 0 Å². The van der Waals surface area contributed by atoms with E-state index in [-0.39, 0.29) is 0 Å². The number of rotatable bonds is 4. The van der Waals surface area contributed by atoms with Crippen molar-refractivity contribution in [3.05, 3.63) is 0 Å². The molecule has 0 rings (SSSR count). The van der Waals surface area contributed by atoms with E-state index in [2.05, 4.69) is 23.6 Å². The molecule has 0 bridgehead atoms. The molecule has 0 saturated carbocycles. The minimum absolute atomic E-state index is 0.747. The van der Waals surface area contributed by atoms with Gasteiger partial charge in [0, 0.05) is 0 Å². The molecule has 8 heavy (non-hydrogen) atoms. The van der Waals surface area contributed by atoms with Crippen molar-refractivity contribution in [3.63, 3.8) is 0 Å². The molecular formula is C6H12N2.